The third-order valence-electron chi connectivity index (χ3n) is 11.9. The molecule has 2 atom stereocenters. The molecule has 0 aliphatic carbocycles. The van der Waals surface area contributed by atoms with Crippen molar-refractivity contribution in [3.8, 4) is 0 Å². The number of carbonyl (C=O) groups is 4. The molecule has 2 unspecified atom stereocenters. The molecule has 348 valence electrons. The standard InChI is InChI=1S/C50H96N2O7/c1-3-5-7-9-11-13-15-16-17-18-19-20-21-22-23-25-27-29-34-38-42-49(56)59-45(39-35-31-28-26-24-14-12-10-8-6-4-2)40-36-32-30-33-37-41-47(54)51-43-48(55)52-46(44-53)50(57)58/h45-46,53H,3-44H2,1-2H3,(H,51,54)(H,52,55)(H,57,58). The van der Waals surface area contributed by atoms with E-state index in [0.717, 1.165) is 57.8 Å². The largest absolute Gasteiger partial charge is 0.480 e. The first-order valence-corrected chi connectivity index (χ1v) is 25.4. The lowest BCUT2D eigenvalue weighted by Crippen LogP contribution is -2.47. The second kappa shape index (κ2) is 45.4. The van der Waals surface area contributed by atoms with Gasteiger partial charge in [-0.25, -0.2) is 4.79 Å². The van der Waals surface area contributed by atoms with E-state index in [9.17, 15) is 19.2 Å². The van der Waals surface area contributed by atoms with Crippen LogP contribution in [0.2, 0.25) is 0 Å². The summed E-state index contributed by atoms with van der Waals surface area (Å²) in [5.74, 6) is -2.26. The molecule has 0 aromatic rings. The number of hydrogen-bond acceptors (Lipinski definition) is 6. The Hall–Kier alpha value is -2.16. The number of hydrogen-bond donors (Lipinski definition) is 4. The average molecular weight is 837 g/mol. The van der Waals surface area contributed by atoms with E-state index in [0.29, 0.717) is 19.3 Å². The zero-order valence-corrected chi connectivity index (χ0v) is 38.8. The topological polar surface area (TPSA) is 142 Å². The van der Waals surface area contributed by atoms with Gasteiger partial charge in [-0.1, -0.05) is 219 Å². The average Bonchev–Trinajstić information content (AvgIpc) is 3.22. The van der Waals surface area contributed by atoms with Crippen molar-refractivity contribution in [2.24, 2.45) is 0 Å². The first-order valence-electron chi connectivity index (χ1n) is 25.4. The van der Waals surface area contributed by atoms with Crippen molar-refractivity contribution in [3.63, 3.8) is 0 Å². The van der Waals surface area contributed by atoms with Gasteiger partial charge in [0.25, 0.3) is 0 Å². The van der Waals surface area contributed by atoms with E-state index in [-0.39, 0.29) is 24.5 Å². The summed E-state index contributed by atoms with van der Waals surface area (Å²) < 4.78 is 6.06. The number of aliphatic hydroxyl groups excluding tert-OH is 1. The molecule has 0 aromatic heterocycles. The van der Waals surface area contributed by atoms with Gasteiger partial charge in [0.2, 0.25) is 11.8 Å². The third-order valence-corrected chi connectivity index (χ3v) is 11.9. The molecule has 0 radical (unpaired) electrons. The quantitative estimate of drug-likeness (QED) is 0.0353. The Labute approximate surface area is 363 Å². The van der Waals surface area contributed by atoms with Crippen LogP contribution in [0, 0.1) is 0 Å². The molecule has 9 heteroatoms. The van der Waals surface area contributed by atoms with Gasteiger partial charge in [0, 0.05) is 12.8 Å². The summed E-state index contributed by atoms with van der Waals surface area (Å²) in [5, 5.41) is 22.6. The number of unbranched alkanes of at least 4 members (excludes halogenated alkanes) is 33. The van der Waals surface area contributed by atoms with Crippen LogP contribution in [-0.2, 0) is 23.9 Å². The summed E-state index contributed by atoms with van der Waals surface area (Å²) in [6.45, 7) is 3.52. The Kier molecular flexibility index (Phi) is 43.7. The van der Waals surface area contributed by atoms with Crippen molar-refractivity contribution in [2.75, 3.05) is 13.2 Å². The number of ether oxygens (including phenoxy) is 1. The fraction of sp³-hybridized carbons (Fsp3) is 0.920. The second-order valence-electron chi connectivity index (χ2n) is 17.6. The number of esters is 1. The fourth-order valence-electron chi connectivity index (χ4n) is 7.95. The summed E-state index contributed by atoms with van der Waals surface area (Å²) in [4.78, 5) is 47.7. The number of rotatable bonds is 47. The van der Waals surface area contributed by atoms with Gasteiger partial charge in [0.1, 0.15) is 12.1 Å². The maximum Gasteiger partial charge on any atom is 0.328 e. The number of nitrogens with one attached hydrogen (secondary N) is 2. The highest BCUT2D eigenvalue weighted by Gasteiger charge is 2.19. The number of amides is 2. The Morgan fingerprint density at radius 3 is 1.10 bits per heavy atom. The van der Waals surface area contributed by atoms with Crippen molar-refractivity contribution in [3.05, 3.63) is 0 Å². The molecule has 0 fully saturated rings. The highest BCUT2D eigenvalue weighted by Crippen LogP contribution is 2.20. The van der Waals surface area contributed by atoms with Crippen LogP contribution in [0.25, 0.3) is 0 Å². The van der Waals surface area contributed by atoms with Crippen LogP contribution in [0.15, 0.2) is 0 Å². The number of carboxylic acids is 1. The van der Waals surface area contributed by atoms with Gasteiger partial charge in [-0.05, 0) is 38.5 Å². The number of carbonyl (C=O) groups excluding carboxylic acids is 3. The smallest absolute Gasteiger partial charge is 0.328 e. The molecule has 4 N–H and O–H groups in total. The van der Waals surface area contributed by atoms with Crippen LogP contribution in [0.1, 0.15) is 271 Å². The summed E-state index contributed by atoms with van der Waals surface area (Å²) >= 11 is 0. The molecule has 0 aliphatic heterocycles. The minimum absolute atomic E-state index is 0.00495. The molecule has 2 amide bonds. The molecule has 59 heavy (non-hydrogen) atoms. The van der Waals surface area contributed by atoms with Crippen molar-refractivity contribution in [1.29, 1.82) is 0 Å². The van der Waals surface area contributed by atoms with Gasteiger partial charge in [0.05, 0.1) is 13.2 Å². The van der Waals surface area contributed by atoms with Crippen LogP contribution in [0.5, 0.6) is 0 Å². The van der Waals surface area contributed by atoms with Crippen molar-refractivity contribution >= 4 is 23.8 Å². The molecule has 9 nitrogen and oxygen atoms in total. The number of aliphatic carboxylic acids is 1. The van der Waals surface area contributed by atoms with Crippen LogP contribution < -0.4 is 10.6 Å². The lowest BCUT2D eigenvalue weighted by atomic mass is 10.0. The van der Waals surface area contributed by atoms with Gasteiger partial charge < -0.3 is 25.6 Å². The lowest BCUT2D eigenvalue weighted by Gasteiger charge is -2.18. The Morgan fingerprint density at radius 2 is 0.763 bits per heavy atom. The maximum atomic E-state index is 12.9. The summed E-state index contributed by atoms with van der Waals surface area (Å²) in [5.41, 5.74) is 0. The second-order valence-corrected chi connectivity index (χ2v) is 17.6. The molecule has 0 aliphatic rings. The van der Waals surface area contributed by atoms with Gasteiger partial charge in [-0.2, -0.15) is 0 Å². The maximum absolute atomic E-state index is 12.9. The monoisotopic (exact) mass is 837 g/mol. The first kappa shape index (κ1) is 56.8. The van der Waals surface area contributed by atoms with E-state index in [1.165, 1.54) is 180 Å². The van der Waals surface area contributed by atoms with Crippen LogP contribution in [0.4, 0.5) is 0 Å². The Balaban J connectivity index is 4.15. The Bertz CT molecular complexity index is 962. The van der Waals surface area contributed by atoms with Crippen LogP contribution in [-0.4, -0.2) is 59.3 Å². The van der Waals surface area contributed by atoms with Crippen LogP contribution in [0.3, 0.4) is 0 Å². The van der Waals surface area contributed by atoms with Crippen LogP contribution >= 0.6 is 0 Å². The van der Waals surface area contributed by atoms with E-state index < -0.39 is 24.5 Å². The molecule has 0 bridgehead atoms. The highest BCUT2D eigenvalue weighted by atomic mass is 16.5. The zero-order chi connectivity index (χ0) is 43.3. The van der Waals surface area contributed by atoms with Gasteiger partial charge in [-0.3, -0.25) is 14.4 Å². The number of carboxylic acid groups (broad SMARTS) is 1. The number of aliphatic hydroxyl groups is 1. The summed E-state index contributed by atoms with van der Waals surface area (Å²) in [7, 11) is 0. The predicted molar refractivity (Wildman–Crippen MR) is 246 cm³/mol. The molecular formula is C50H96N2O7. The van der Waals surface area contributed by atoms with E-state index in [1.54, 1.807) is 0 Å². The van der Waals surface area contributed by atoms with Gasteiger partial charge in [0.15, 0.2) is 0 Å². The molecule has 0 saturated heterocycles. The molecule has 0 rings (SSSR count). The molecule has 0 heterocycles. The third kappa shape index (κ3) is 42.3. The van der Waals surface area contributed by atoms with E-state index in [2.05, 4.69) is 24.5 Å². The van der Waals surface area contributed by atoms with E-state index in [1.807, 2.05) is 0 Å². The summed E-state index contributed by atoms with van der Waals surface area (Å²) in [6, 6.07) is -1.38. The zero-order valence-electron chi connectivity index (χ0n) is 38.8. The van der Waals surface area contributed by atoms with Crippen molar-refractivity contribution in [1.82, 2.24) is 10.6 Å². The van der Waals surface area contributed by atoms with Gasteiger partial charge in [-0.15, -0.1) is 0 Å². The highest BCUT2D eigenvalue weighted by molar-refractivity contribution is 5.87. The minimum atomic E-state index is -1.38. The van der Waals surface area contributed by atoms with Gasteiger partial charge >= 0.3 is 11.9 Å². The first-order chi connectivity index (χ1) is 28.8. The van der Waals surface area contributed by atoms with E-state index >= 15 is 0 Å². The minimum Gasteiger partial charge on any atom is -0.480 e. The van der Waals surface area contributed by atoms with E-state index in [4.69, 9.17) is 14.9 Å². The normalized spacial score (nSPS) is 12.3. The molecule has 0 aromatic carbocycles. The SMILES string of the molecule is CCCCCCCCCCCCCCCCCCCCCCC(=O)OC(CCCCCCCCCCCCC)CCCCCCCC(=O)NCC(=O)NC(CO)C(=O)O. The molecule has 0 spiro atoms. The molecule has 0 saturated carbocycles. The fourth-order valence-corrected chi connectivity index (χ4v) is 7.95. The Morgan fingerprint density at radius 1 is 0.441 bits per heavy atom. The van der Waals surface area contributed by atoms with Crippen molar-refractivity contribution in [2.45, 2.75) is 283 Å². The lowest BCUT2D eigenvalue weighted by molar-refractivity contribution is -0.150. The predicted octanol–water partition coefficient (Wildman–Crippen LogP) is 13.2. The summed E-state index contributed by atoms with van der Waals surface area (Å²) in [6.07, 6.45) is 48.6. The van der Waals surface area contributed by atoms with Crippen molar-refractivity contribution < 1.29 is 34.1 Å². The molecular weight excluding hydrogens is 741 g/mol.